The third kappa shape index (κ3) is 3.65. The van der Waals surface area contributed by atoms with Gasteiger partial charge in [0.15, 0.2) is 0 Å². The van der Waals surface area contributed by atoms with Crippen LogP contribution in [-0.4, -0.2) is 42.0 Å². The molecule has 2 rings (SSSR count). The third-order valence-electron chi connectivity index (χ3n) is 4.15. The van der Waals surface area contributed by atoms with Crippen molar-refractivity contribution in [3.8, 4) is 0 Å². The molecule has 5 heteroatoms. The minimum Gasteiger partial charge on any atom is -0.374 e. The zero-order valence-electron chi connectivity index (χ0n) is 13.4. The molecule has 2 amide bonds. The molecular formula is C17H24N2O3. The molecular weight excluding hydrogens is 280 g/mol. The van der Waals surface area contributed by atoms with Gasteiger partial charge in [0.1, 0.15) is 6.04 Å². The molecule has 1 aliphatic heterocycles. The van der Waals surface area contributed by atoms with E-state index >= 15 is 0 Å². The molecule has 0 radical (unpaired) electrons. The fraction of sp³-hybridized carbons (Fsp3) is 0.529. The first-order chi connectivity index (χ1) is 10.4. The smallest absolute Gasteiger partial charge is 0.242 e. The highest BCUT2D eigenvalue weighted by Crippen LogP contribution is 2.19. The Kier molecular flexibility index (Phi) is 5.19. The Morgan fingerprint density at radius 1 is 1.36 bits per heavy atom. The number of hydrogen-bond acceptors (Lipinski definition) is 3. The molecule has 5 nitrogen and oxygen atoms in total. The topological polar surface area (TPSA) is 72.6 Å². The molecule has 1 saturated heterocycles. The Morgan fingerprint density at radius 2 is 2.00 bits per heavy atom. The zero-order valence-corrected chi connectivity index (χ0v) is 13.4. The second kappa shape index (κ2) is 6.92. The van der Waals surface area contributed by atoms with Gasteiger partial charge < -0.3 is 15.4 Å². The Bertz CT molecular complexity index is 541. The van der Waals surface area contributed by atoms with Gasteiger partial charge in [0.25, 0.3) is 0 Å². The third-order valence-corrected chi connectivity index (χ3v) is 4.15. The van der Waals surface area contributed by atoms with E-state index in [1.165, 1.54) is 5.56 Å². The molecule has 0 spiro atoms. The second-order valence-electron chi connectivity index (χ2n) is 6.05. The fourth-order valence-corrected chi connectivity index (χ4v) is 2.90. The van der Waals surface area contributed by atoms with Crippen LogP contribution < -0.4 is 5.73 Å². The van der Waals surface area contributed by atoms with Crippen LogP contribution in [-0.2, 0) is 20.7 Å². The zero-order chi connectivity index (χ0) is 16.3. The molecule has 22 heavy (non-hydrogen) atoms. The van der Waals surface area contributed by atoms with Gasteiger partial charge in [-0.2, -0.15) is 0 Å². The average molecular weight is 304 g/mol. The molecule has 1 heterocycles. The van der Waals surface area contributed by atoms with E-state index in [1.54, 1.807) is 11.8 Å². The molecule has 0 aliphatic carbocycles. The van der Waals surface area contributed by atoms with Crippen molar-refractivity contribution >= 4 is 11.8 Å². The monoisotopic (exact) mass is 304 g/mol. The van der Waals surface area contributed by atoms with E-state index in [4.69, 9.17) is 10.5 Å². The molecule has 0 aromatic heterocycles. The molecule has 2 N–H and O–H groups in total. The number of ether oxygens (including phenoxy) is 1. The SMILES string of the molecule is Cc1ccc(CC(C)C(=O)N2CCO[C@H](C)[C@H]2C(N)=O)cc1. The minimum absolute atomic E-state index is 0.0421. The summed E-state index contributed by atoms with van der Waals surface area (Å²) in [7, 11) is 0. The lowest BCUT2D eigenvalue weighted by Gasteiger charge is -2.39. The molecule has 0 bridgehead atoms. The Balaban J connectivity index is 2.08. The van der Waals surface area contributed by atoms with Gasteiger partial charge in [0.05, 0.1) is 12.7 Å². The molecule has 1 unspecified atom stereocenters. The van der Waals surface area contributed by atoms with Crippen LogP contribution in [0, 0.1) is 12.8 Å². The lowest BCUT2D eigenvalue weighted by atomic mass is 9.97. The quantitative estimate of drug-likeness (QED) is 0.910. The number of rotatable bonds is 4. The van der Waals surface area contributed by atoms with Crippen molar-refractivity contribution in [1.82, 2.24) is 4.90 Å². The number of primary amides is 1. The van der Waals surface area contributed by atoms with Crippen molar-refractivity contribution in [2.75, 3.05) is 13.2 Å². The minimum atomic E-state index is -0.679. The molecule has 1 aromatic carbocycles. The number of carbonyl (C=O) groups is 2. The number of nitrogens with zero attached hydrogens (tertiary/aromatic N) is 1. The first-order valence-corrected chi connectivity index (χ1v) is 7.67. The Labute approximate surface area is 131 Å². The second-order valence-corrected chi connectivity index (χ2v) is 6.05. The van der Waals surface area contributed by atoms with Crippen LogP contribution in [0.4, 0.5) is 0 Å². The molecule has 3 atom stereocenters. The van der Waals surface area contributed by atoms with Crippen LogP contribution in [0.1, 0.15) is 25.0 Å². The maximum atomic E-state index is 12.7. The van der Waals surface area contributed by atoms with Crippen LogP contribution in [0.3, 0.4) is 0 Å². The molecule has 1 aromatic rings. The molecule has 1 aliphatic rings. The Hall–Kier alpha value is -1.88. The number of aryl methyl sites for hydroxylation is 1. The first-order valence-electron chi connectivity index (χ1n) is 7.67. The van der Waals surface area contributed by atoms with Crippen LogP contribution in [0.15, 0.2) is 24.3 Å². The van der Waals surface area contributed by atoms with Crippen LogP contribution in [0.5, 0.6) is 0 Å². The molecule has 0 saturated carbocycles. The van der Waals surface area contributed by atoms with Crippen molar-refractivity contribution < 1.29 is 14.3 Å². The highest BCUT2D eigenvalue weighted by Gasteiger charge is 2.38. The van der Waals surface area contributed by atoms with Gasteiger partial charge in [-0.05, 0) is 25.8 Å². The van der Waals surface area contributed by atoms with Crippen molar-refractivity contribution in [2.45, 2.75) is 39.3 Å². The normalized spacial score (nSPS) is 23.1. The van der Waals surface area contributed by atoms with E-state index < -0.39 is 11.9 Å². The maximum absolute atomic E-state index is 12.7. The number of benzene rings is 1. The maximum Gasteiger partial charge on any atom is 0.242 e. The van der Waals surface area contributed by atoms with Crippen LogP contribution in [0.25, 0.3) is 0 Å². The highest BCUT2D eigenvalue weighted by atomic mass is 16.5. The first kappa shape index (κ1) is 16.5. The Morgan fingerprint density at radius 3 is 2.59 bits per heavy atom. The number of morpholine rings is 1. The highest BCUT2D eigenvalue weighted by molar-refractivity contribution is 5.88. The van der Waals surface area contributed by atoms with Crippen molar-refractivity contribution in [1.29, 1.82) is 0 Å². The van der Waals surface area contributed by atoms with Crippen LogP contribution >= 0.6 is 0 Å². The summed E-state index contributed by atoms with van der Waals surface area (Å²) >= 11 is 0. The largest absolute Gasteiger partial charge is 0.374 e. The van der Waals surface area contributed by atoms with Gasteiger partial charge >= 0.3 is 0 Å². The summed E-state index contributed by atoms with van der Waals surface area (Å²) in [6.45, 7) is 6.55. The summed E-state index contributed by atoms with van der Waals surface area (Å²) in [5.41, 5.74) is 7.75. The summed E-state index contributed by atoms with van der Waals surface area (Å²) in [6, 6.07) is 7.46. The van der Waals surface area contributed by atoms with Gasteiger partial charge in [0.2, 0.25) is 11.8 Å². The summed E-state index contributed by atoms with van der Waals surface area (Å²) in [5, 5.41) is 0. The van der Waals surface area contributed by atoms with Gasteiger partial charge in [-0.1, -0.05) is 36.8 Å². The van der Waals surface area contributed by atoms with Gasteiger partial charge in [-0.25, -0.2) is 0 Å². The molecule has 120 valence electrons. The van der Waals surface area contributed by atoms with Crippen molar-refractivity contribution in [3.05, 3.63) is 35.4 Å². The van der Waals surface area contributed by atoms with Gasteiger partial charge in [0, 0.05) is 12.5 Å². The van der Waals surface area contributed by atoms with Crippen molar-refractivity contribution in [2.24, 2.45) is 11.7 Å². The molecule has 1 fully saturated rings. The standard InChI is InChI=1S/C17H24N2O3/c1-11-4-6-14(7-5-11)10-12(2)17(21)19-8-9-22-13(3)15(19)16(18)20/h4-7,12-13,15H,8-10H2,1-3H3,(H2,18,20)/t12?,13-,15+/m1/s1. The van der Waals surface area contributed by atoms with Gasteiger partial charge in [-0.3, -0.25) is 9.59 Å². The predicted molar refractivity (Wildman–Crippen MR) is 84.2 cm³/mol. The number of carbonyl (C=O) groups excluding carboxylic acids is 2. The van der Waals surface area contributed by atoms with E-state index in [2.05, 4.69) is 0 Å². The summed E-state index contributed by atoms with van der Waals surface area (Å²) in [6.07, 6.45) is 0.290. The van der Waals surface area contributed by atoms with Crippen LogP contribution in [0.2, 0.25) is 0 Å². The summed E-state index contributed by atoms with van der Waals surface area (Å²) in [4.78, 5) is 25.9. The van der Waals surface area contributed by atoms with Gasteiger partial charge in [-0.15, -0.1) is 0 Å². The van der Waals surface area contributed by atoms with Crippen molar-refractivity contribution in [3.63, 3.8) is 0 Å². The number of amides is 2. The average Bonchev–Trinajstić information content (AvgIpc) is 2.48. The van der Waals surface area contributed by atoms with E-state index in [-0.39, 0.29) is 17.9 Å². The number of nitrogens with two attached hydrogens (primary N) is 1. The number of hydrogen-bond donors (Lipinski definition) is 1. The lowest BCUT2D eigenvalue weighted by Crippen LogP contribution is -2.59. The summed E-state index contributed by atoms with van der Waals surface area (Å²) < 4.78 is 5.45. The van der Waals surface area contributed by atoms with E-state index in [0.717, 1.165) is 5.56 Å². The van der Waals surface area contributed by atoms with E-state index in [1.807, 2.05) is 38.1 Å². The van der Waals surface area contributed by atoms with E-state index in [0.29, 0.717) is 19.6 Å². The lowest BCUT2D eigenvalue weighted by molar-refractivity contribution is -0.156. The summed E-state index contributed by atoms with van der Waals surface area (Å²) in [5.74, 6) is -0.752. The van der Waals surface area contributed by atoms with E-state index in [9.17, 15) is 9.59 Å². The fourth-order valence-electron chi connectivity index (χ4n) is 2.90. The predicted octanol–water partition coefficient (Wildman–Crippen LogP) is 1.27.